The summed E-state index contributed by atoms with van der Waals surface area (Å²) in [5.41, 5.74) is 2.47. The molecule has 29 heavy (non-hydrogen) atoms. The molecule has 0 saturated carbocycles. The first-order valence-corrected chi connectivity index (χ1v) is 9.39. The molecular formula is C23H17ClN2O3. The quantitative estimate of drug-likeness (QED) is 0.391. The van der Waals surface area contributed by atoms with Crippen LogP contribution in [0.2, 0.25) is 5.02 Å². The number of halogens is 1. The zero-order chi connectivity index (χ0) is 20.5. The van der Waals surface area contributed by atoms with Crippen molar-refractivity contribution in [1.82, 2.24) is 4.98 Å². The lowest BCUT2D eigenvalue weighted by atomic mass is 9.98. The van der Waals surface area contributed by atoms with Crippen LogP contribution in [0.4, 0.5) is 5.69 Å². The highest BCUT2D eigenvalue weighted by Crippen LogP contribution is 2.41. The number of carbonyl (C=O) groups excluding carboxylic acids is 2. The predicted molar refractivity (Wildman–Crippen MR) is 112 cm³/mol. The maximum atomic E-state index is 13.0. The average Bonchev–Trinajstić information content (AvgIpc) is 3.00. The number of hydrogen-bond donors (Lipinski definition) is 1. The van der Waals surface area contributed by atoms with Crippen LogP contribution in [-0.2, 0) is 9.59 Å². The van der Waals surface area contributed by atoms with Crippen LogP contribution in [0.3, 0.4) is 0 Å². The molecule has 1 fully saturated rings. The molecule has 144 valence electrons. The van der Waals surface area contributed by atoms with Crippen molar-refractivity contribution in [2.75, 3.05) is 4.90 Å². The molecule has 1 aliphatic heterocycles. The molecule has 5 nitrogen and oxygen atoms in total. The standard InChI is InChI=1S/C23H17ClN2O3/c1-14-5-7-15(8-6-14)21(27)19-20(18-4-2-3-13-25-18)26(23(29)22(19)28)17-11-9-16(24)10-12-17/h2-13,20,27H,1H3/b21-19-. The molecule has 0 spiro atoms. The lowest BCUT2D eigenvalue weighted by Crippen LogP contribution is -2.29. The van der Waals surface area contributed by atoms with Gasteiger partial charge in [0, 0.05) is 22.5 Å². The summed E-state index contributed by atoms with van der Waals surface area (Å²) in [6.45, 7) is 1.93. The van der Waals surface area contributed by atoms with Crippen LogP contribution in [0.5, 0.6) is 0 Å². The SMILES string of the molecule is Cc1ccc(/C(O)=C2/C(=O)C(=O)N(c3ccc(Cl)cc3)C2c2ccccn2)cc1. The van der Waals surface area contributed by atoms with Crippen molar-refractivity contribution < 1.29 is 14.7 Å². The third-order valence-corrected chi connectivity index (χ3v) is 5.09. The van der Waals surface area contributed by atoms with Gasteiger partial charge in [0.25, 0.3) is 11.7 Å². The van der Waals surface area contributed by atoms with Gasteiger partial charge in [0.05, 0.1) is 11.3 Å². The van der Waals surface area contributed by atoms with E-state index < -0.39 is 17.7 Å². The van der Waals surface area contributed by atoms with E-state index in [-0.39, 0.29) is 11.3 Å². The molecule has 0 aliphatic carbocycles. The molecule has 1 aliphatic rings. The molecule has 2 heterocycles. The third-order valence-electron chi connectivity index (χ3n) is 4.84. The van der Waals surface area contributed by atoms with Gasteiger partial charge in [-0.1, -0.05) is 47.5 Å². The monoisotopic (exact) mass is 404 g/mol. The van der Waals surface area contributed by atoms with Crippen molar-refractivity contribution in [1.29, 1.82) is 0 Å². The molecule has 1 amide bonds. The van der Waals surface area contributed by atoms with Crippen molar-refractivity contribution >= 4 is 34.7 Å². The van der Waals surface area contributed by atoms with E-state index in [2.05, 4.69) is 4.98 Å². The fraction of sp³-hybridized carbons (Fsp3) is 0.0870. The second-order valence-electron chi connectivity index (χ2n) is 6.77. The first-order chi connectivity index (χ1) is 14.0. The lowest BCUT2D eigenvalue weighted by molar-refractivity contribution is -0.132. The number of aliphatic hydroxyl groups excluding tert-OH is 1. The largest absolute Gasteiger partial charge is 0.507 e. The Labute approximate surface area is 172 Å². The van der Waals surface area contributed by atoms with Gasteiger partial charge in [-0.05, 0) is 43.3 Å². The van der Waals surface area contributed by atoms with Gasteiger partial charge in [0.15, 0.2) is 0 Å². The minimum atomic E-state index is -0.848. The number of benzene rings is 2. The molecule has 1 aromatic heterocycles. The fourth-order valence-corrected chi connectivity index (χ4v) is 3.51. The van der Waals surface area contributed by atoms with Crippen LogP contribution in [0.1, 0.15) is 22.9 Å². The number of carbonyl (C=O) groups is 2. The molecule has 1 N–H and O–H groups in total. The van der Waals surface area contributed by atoms with Gasteiger partial charge < -0.3 is 5.11 Å². The highest BCUT2D eigenvalue weighted by atomic mass is 35.5. The van der Waals surface area contributed by atoms with Crippen molar-refractivity contribution in [2.24, 2.45) is 0 Å². The summed E-state index contributed by atoms with van der Waals surface area (Å²) < 4.78 is 0. The average molecular weight is 405 g/mol. The minimum absolute atomic E-state index is 0.00695. The molecular weight excluding hydrogens is 388 g/mol. The number of amides is 1. The second kappa shape index (κ2) is 7.53. The van der Waals surface area contributed by atoms with Gasteiger partial charge in [-0.15, -0.1) is 0 Å². The van der Waals surface area contributed by atoms with E-state index in [1.807, 2.05) is 19.1 Å². The summed E-state index contributed by atoms with van der Waals surface area (Å²) in [7, 11) is 0. The number of anilines is 1. The molecule has 4 rings (SSSR count). The fourth-order valence-electron chi connectivity index (χ4n) is 3.38. The van der Waals surface area contributed by atoms with E-state index in [1.54, 1.807) is 60.8 Å². The zero-order valence-corrected chi connectivity index (χ0v) is 16.3. The maximum Gasteiger partial charge on any atom is 0.300 e. The van der Waals surface area contributed by atoms with Crippen molar-refractivity contribution in [2.45, 2.75) is 13.0 Å². The van der Waals surface area contributed by atoms with E-state index in [1.165, 1.54) is 4.90 Å². The lowest BCUT2D eigenvalue weighted by Gasteiger charge is -2.24. The smallest absolute Gasteiger partial charge is 0.300 e. The summed E-state index contributed by atoms with van der Waals surface area (Å²) in [5, 5.41) is 11.5. The normalized spacial score (nSPS) is 18.3. The molecule has 1 atom stereocenters. The van der Waals surface area contributed by atoms with E-state index >= 15 is 0 Å². The number of nitrogens with zero attached hydrogens (tertiary/aromatic N) is 2. The molecule has 1 unspecified atom stereocenters. The third kappa shape index (κ3) is 3.41. The Kier molecular flexibility index (Phi) is 4.91. The van der Waals surface area contributed by atoms with Crippen LogP contribution in [0, 0.1) is 6.92 Å². The van der Waals surface area contributed by atoms with Gasteiger partial charge in [-0.25, -0.2) is 0 Å². The van der Waals surface area contributed by atoms with Crippen molar-refractivity contribution in [3.8, 4) is 0 Å². The summed E-state index contributed by atoms with van der Waals surface area (Å²) >= 11 is 5.98. The number of rotatable bonds is 3. The number of ketones is 1. The Morgan fingerprint density at radius 1 is 1.00 bits per heavy atom. The van der Waals surface area contributed by atoms with E-state index in [9.17, 15) is 14.7 Å². The summed E-state index contributed by atoms with van der Waals surface area (Å²) in [6, 6.07) is 18.1. The molecule has 1 saturated heterocycles. The number of aliphatic hydroxyl groups is 1. The number of hydrogen-bond acceptors (Lipinski definition) is 4. The van der Waals surface area contributed by atoms with Crippen LogP contribution < -0.4 is 4.90 Å². The molecule has 2 aromatic carbocycles. The van der Waals surface area contributed by atoms with Crippen molar-refractivity contribution in [3.05, 3.63) is 100 Å². The summed E-state index contributed by atoms with van der Waals surface area (Å²) in [6.07, 6.45) is 1.59. The van der Waals surface area contributed by atoms with Crippen LogP contribution in [-0.4, -0.2) is 21.8 Å². The van der Waals surface area contributed by atoms with Crippen molar-refractivity contribution in [3.63, 3.8) is 0 Å². The van der Waals surface area contributed by atoms with E-state index in [0.29, 0.717) is 22.0 Å². The Balaban J connectivity index is 1.93. The molecule has 0 bridgehead atoms. The highest BCUT2D eigenvalue weighted by Gasteiger charge is 2.47. The Morgan fingerprint density at radius 3 is 2.31 bits per heavy atom. The van der Waals surface area contributed by atoms with Crippen LogP contribution in [0.15, 0.2) is 78.5 Å². The number of pyridine rings is 1. The first-order valence-electron chi connectivity index (χ1n) is 9.02. The first kappa shape index (κ1) is 18.9. The number of aryl methyl sites for hydroxylation is 1. The van der Waals surface area contributed by atoms with E-state index in [4.69, 9.17) is 11.6 Å². The highest BCUT2D eigenvalue weighted by molar-refractivity contribution is 6.51. The molecule has 3 aromatic rings. The number of aromatic nitrogens is 1. The van der Waals surface area contributed by atoms with Gasteiger partial charge in [-0.3, -0.25) is 19.5 Å². The number of Topliss-reactive ketones (excluding diaryl/α,β-unsaturated/α-hetero) is 1. The van der Waals surface area contributed by atoms with Gasteiger partial charge in [0.2, 0.25) is 0 Å². The van der Waals surface area contributed by atoms with Gasteiger partial charge in [0.1, 0.15) is 11.8 Å². The molecule has 6 heteroatoms. The topological polar surface area (TPSA) is 70.5 Å². The Morgan fingerprint density at radius 2 is 1.69 bits per heavy atom. The van der Waals surface area contributed by atoms with E-state index in [0.717, 1.165) is 5.56 Å². The maximum absolute atomic E-state index is 13.0. The Bertz CT molecular complexity index is 1110. The zero-order valence-electron chi connectivity index (χ0n) is 15.5. The minimum Gasteiger partial charge on any atom is -0.507 e. The van der Waals surface area contributed by atoms with Crippen LogP contribution >= 0.6 is 11.6 Å². The van der Waals surface area contributed by atoms with Gasteiger partial charge >= 0.3 is 0 Å². The van der Waals surface area contributed by atoms with Crippen LogP contribution in [0.25, 0.3) is 5.76 Å². The predicted octanol–water partition coefficient (Wildman–Crippen LogP) is 4.67. The molecule has 0 radical (unpaired) electrons. The van der Waals surface area contributed by atoms with Gasteiger partial charge in [-0.2, -0.15) is 0 Å². The Hall–Kier alpha value is -3.44. The summed E-state index contributed by atoms with van der Waals surface area (Å²) in [5.74, 6) is -1.71. The second-order valence-corrected chi connectivity index (χ2v) is 7.20. The summed E-state index contributed by atoms with van der Waals surface area (Å²) in [4.78, 5) is 31.6.